The number of hydrogen-bond donors (Lipinski definition) is 2. The lowest BCUT2D eigenvalue weighted by molar-refractivity contribution is -0.137. The number of halogens is 3. The van der Waals surface area contributed by atoms with Gasteiger partial charge in [0, 0.05) is 23.4 Å². The highest BCUT2D eigenvalue weighted by atomic mass is 19.4. The van der Waals surface area contributed by atoms with Gasteiger partial charge in [-0.25, -0.2) is 0 Å². The Hall–Kier alpha value is -3.63. The molecule has 0 radical (unpaired) electrons. The van der Waals surface area contributed by atoms with Crippen molar-refractivity contribution in [2.24, 2.45) is 0 Å². The molecule has 31 heavy (non-hydrogen) atoms. The number of nitrogens with zero attached hydrogens (tertiary/aromatic N) is 5. The van der Waals surface area contributed by atoms with Crippen molar-refractivity contribution in [1.82, 2.24) is 24.5 Å². The van der Waals surface area contributed by atoms with Crippen molar-refractivity contribution in [1.29, 1.82) is 0 Å². The summed E-state index contributed by atoms with van der Waals surface area (Å²) in [6.45, 7) is 7.80. The van der Waals surface area contributed by atoms with Crippen LogP contribution in [-0.2, 0) is 30.6 Å². The fourth-order valence-electron chi connectivity index (χ4n) is 3.67. The second-order valence-corrected chi connectivity index (χ2v) is 7.52. The molecule has 162 valence electrons. The van der Waals surface area contributed by atoms with Crippen LogP contribution in [0.15, 0.2) is 30.4 Å². The van der Waals surface area contributed by atoms with Crippen LogP contribution in [0.1, 0.15) is 35.1 Å². The summed E-state index contributed by atoms with van der Waals surface area (Å²) >= 11 is 0. The van der Waals surface area contributed by atoms with E-state index in [9.17, 15) is 18.0 Å². The normalized spacial score (nSPS) is 13.5. The molecule has 4 rings (SSSR count). The van der Waals surface area contributed by atoms with Crippen LogP contribution >= 0.6 is 0 Å². The van der Waals surface area contributed by atoms with Gasteiger partial charge in [0.05, 0.1) is 24.3 Å². The Morgan fingerprint density at radius 1 is 1.26 bits per heavy atom. The molecule has 1 aromatic carbocycles. The number of alkyl halides is 3. The highest BCUT2D eigenvalue weighted by Gasteiger charge is 2.32. The minimum Gasteiger partial charge on any atom is -0.399 e. The van der Waals surface area contributed by atoms with Gasteiger partial charge in [0.25, 0.3) is 5.78 Å². The Labute approximate surface area is 175 Å². The molecule has 0 atom stereocenters. The molecule has 8 nitrogen and oxygen atoms in total. The molecular weight excluding hydrogens is 411 g/mol. The van der Waals surface area contributed by atoms with Crippen molar-refractivity contribution in [3.05, 3.63) is 58.6 Å². The van der Waals surface area contributed by atoms with Crippen molar-refractivity contribution >= 4 is 23.2 Å². The third kappa shape index (κ3) is 3.78. The monoisotopic (exact) mass is 431 g/mol. The molecule has 0 spiro atoms. The smallest absolute Gasteiger partial charge is 0.399 e. The van der Waals surface area contributed by atoms with Gasteiger partial charge >= 0.3 is 6.18 Å². The zero-order valence-corrected chi connectivity index (χ0v) is 16.9. The second-order valence-electron chi connectivity index (χ2n) is 7.52. The van der Waals surface area contributed by atoms with E-state index in [1.807, 2.05) is 0 Å². The van der Waals surface area contributed by atoms with Gasteiger partial charge in [-0.3, -0.25) is 9.20 Å². The van der Waals surface area contributed by atoms with Gasteiger partial charge in [0.2, 0.25) is 5.91 Å². The van der Waals surface area contributed by atoms with Gasteiger partial charge in [-0.15, -0.1) is 10.2 Å². The van der Waals surface area contributed by atoms with Crippen molar-refractivity contribution in [3.63, 3.8) is 0 Å². The zero-order chi connectivity index (χ0) is 22.5. The second kappa shape index (κ2) is 7.25. The van der Waals surface area contributed by atoms with E-state index in [-0.39, 0.29) is 24.7 Å². The third-order valence-corrected chi connectivity index (χ3v) is 5.07. The maximum absolute atomic E-state index is 13.1. The van der Waals surface area contributed by atoms with Gasteiger partial charge in [0.1, 0.15) is 11.6 Å². The van der Waals surface area contributed by atoms with Crippen LogP contribution in [0.5, 0.6) is 0 Å². The van der Waals surface area contributed by atoms with E-state index in [1.54, 1.807) is 23.1 Å². The number of benzene rings is 1. The van der Waals surface area contributed by atoms with Gasteiger partial charge in [-0.2, -0.15) is 18.2 Å². The number of carbonyl (C=O) groups is 1. The maximum Gasteiger partial charge on any atom is 0.416 e. The number of anilines is 2. The number of rotatable bonds is 4. The maximum atomic E-state index is 13.1. The van der Waals surface area contributed by atoms with E-state index in [4.69, 9.17) is 5.73 Å². The van der Waals surface area contributed by atoms with Gasteiger partial charge in [0.15, 0.2) is 0 Å². The van der Waals surface area contributed by atoms with E-state index in [0.717, 1.165) is 23.4 Å². The van der Waals surface area contributed by atoms with E-state index in [2.05, 4.69) is 27.1 Å². The average molecular weight is 431 g/mol. The molecule has 0 saturated heterocycles. The molecule has 0 aliphatic carbocycles. The lowest BCUT2D eigenvalue weighted by Crippen LogP contribution is -2.25. The van der Waals surface area contributed by atoms with Crippen molar-refractivity contribution < 1.29 is 18.0 Å². The van der Waals surface area contributed by atoms with Crippen LogP contribution in [0.25, 0.3) is 5.78 Å². The summed E-state index contributed by atoms with van der Waals surface area (Å²) in [5, 5.41) is 11.2. The highest BCUT2D eigenvalue weighted by Crippen LogP contribution is 2.33. The molecule has 3 aromatic rings. The summed E-state index contributed by atoms with van der Waals surface area (Å²) in [5.41, 5.74) is 7.18. The number of amides is 1. The summed E-state index contributed by atoms with van der Waals surface area (Å²) in [7, 11) is 0. The molecule has 3 N–H and O–H groups in total. The Morgan fingerprint density at radius 2 is 2.00 bits per heavy atom. The molecule has 2 aromatic heterocycles. The quantitative estimate of drug-likeness (QED) is 0.486. The van der Waals surface area contributed by atoms with Gasteiger partial charge in [-0.05, 0) is 37.6 Å². The van der Waals surface area contributed by atoms with Crippen LogP contribution in [0.4, 0.5) is 24.7 Å². The van der Waals surface area contributed by atoms with Crippen LogP contribution in [0, 0.1) is 6.92 Å². The van der Waals surface area contributed by atoms with E-state index < -0.39 is 11.7 Å². The summed E-state index contributed by atoms with van der Waals surface area (Å²) in [5.74, 6) is 1.21. The SMILES string of the molecule is C=C(C)C(=O)N1Cc2c(NCc3cc(N)cc(C(F)(F)F)c3)nc3nnc(C)n3c2C1. The molecule has 0 bridgehead atoms. The Balaban J connectivity index is 1.69. The Morgan fingerprint density at radius 3 is 2.68 bits per heavy atom. The summed E-state index contributed by atoms with van der Waals surface area (Å²) < 4.78 is 41.1. The van der Waals surface area contributed by atoms with Crippen molar-refractivity contribution in [3.8, 4) is 0 Å². The topological polar surface area (TPSA) is 101 Å². The van der Waals surface area contributed by atoms with Crippen molar-refractivity contribution in [2.45, 2.75) is 39.7 Å². The molecule has 1 amide bonds. The first-order valence-electron chi connectivity index (χ1n) is 9.43. The van der Waals surface area contributed by atoms with Crippen LogP contribution in [0.2, 0.25) is 0 Å². The highest BCUT2D eigenvalue weighted by molar-refractivity contribution is 5.92. The lowest BCUT2D eigenvalue weighted by atomic mass is 10.1. The third-order valence-electron chi connectivity index (χ3n) is 5.07. The number of nitrogens with one attached hydrogen (secondary N) is 1. The fourth-order valence-corrected chi connectivity index (χ4v) is 3.67. The Bertz CT molecular complexity index is 1220. The van der Waals surface area contributed by atoms with E-state index in [0.29, 0.717) is 35.1 Å². The number of aryl methyl sites for hydroxylation is 1. The minimum atomic E-state index is -4.50. The number of hydrogen-bond acceptors (Lipinski definition) is 6. The predicted octanol–water partition coefficient (Wildman–Crippen LogP) is 3.06. The van der Waals surface area contributed by atoms with Crippen LogP contribution in [0.3, 0.4) is 0 Å². The molecule has 1 aliphatic heterocycles. The standard InChI is InChI=1S/C20H20F3N7O/c1-10(2)18(31)29-8-15-16(9-29)30-11(3)27-28-19(30)26-17(15)25-7-12-4-13(20(21,22)23)6-14(24)5-12/h4-6H,1,7-9,24H2,2-3H3,(H,25,26,28). The zero-order valence-electron chi connectivity index (χ0n) is 16.9. The molecular formula is C20H20F3N7O. The number of fused-ring (bicyclic) bond motifs is 3. The first-order valence-corrected chi connectivity index (χ1v) is 9.43. The van der Waals surface area contributed by atoms with Gasteiger partial charge in [-0.1, -0.05) is 6.58 Å². The summed E-state index contributed by atoms with van der Waals surface area (Å²) in [6, 6.07) is 3.41. The average Bonchev–Trinajstić information content (AvgIpc) is 3.28. The molecule has 0 fully saturated rings. The summed E-state index contributed by atoms with van der Waals surface area (Å²) in [6.07, 6.45) is -4.50. The van der Waals surface area contributed by atoms with E-state index >= 15 is 0 Å². The van der Waals surface area contributed by atoms with Gasteiger partial charge < -0.3 is 16.0 Å². The van der Waals surface area contributed by atoms with Crippen molar-refractivity contribution in [2.75, 3.05) is 11.1 Å². The molecule has 0 unspecified atom stereocenters. The number of nitrogens with two attached hydrogens (primary N) is 1. The summed E-state index contributed by atoms with van der Waals surface area (Å²) in [4.78, 5) is 18.6. The molecule has 1 aliphatic rings. The minimum absolute atomic E-state index is 0.0200. The van der Waals surface area contributed by atoms with Crippen LogP contribution in [-0.4, -0.2) is 30.4 Å². The molecule has 0 saturated carbocycles. The first-order chi connectivity index (χ1) is 14.5. The number of nitrogen functional groups attached to an aromatic ring is 1. The number of aromatic nitrogens is 4. The lowest BCUT2D eigenvalue weighted by Gasteiger charge is -2.15. The van der Waals surface area contributed by atoms with E-state index in [1.165, 1.54) is 6.07 Å². The fraction of sp³-hybridized carbons (Fsp3) is 0.300. The first kappa shape index (κ1) is 20.6. The molecule has 3 heterocycles. The molecule has 11 heteroatoms. The number of carbonyl (C=O) groups excluding carboxylic acids is 1. The predicted molar refractivity (Wildman–Crippen MR) is 108 cm³/mol. The van der Waals surface area contributed by atoms with Crippen LogP contribution < -0.4 is 11.1 Å². The Kier molecular flexibility index (Phi) is 4.83. The largest absolute Gasteiger partial charge is 0.416 e.